The van der Waals surface area contributed by atoms with E-state index in [9.17, 15) is 4.79 Å². The molecule has 2 aromatic carbocycles. The molecule has 3 heterocycles. The van der Waals surface area contributed by atoms with Crippen LogP contribution in [0.3, 0.4) is 0 Å². The van der Waals surface area contributed by atoms with Crippen LogP contribution in [0.4, 0.5) is 5.69 Å². The number of ether oxygens (including phenoxy) is 2. The Morgan fingerprint density at radius 2 is 1.85 bits per heavy atom. The van der Waals surface area contributed by atoms with E-state index in [1.54, 1.807) is 4.90 Å². The lowest BCUT2D eigenvalue weighted by molar-refractivity contribution is -0.121. The normalized spacial score (nSPS) is 14.7. The summed E-state index contributed by atoms with van der Waals surface area (Å²) < 4.78 is 13.4. The topological polar surface area (TPSA) is 56.6 Å². The van der Waals surface area contributed by atoms with E-state index in [4.69, 9.17) is 21.1 Å². The number of likely N-dealkylation sites (N-methyl/N-ethyl adjacent to an activating group) is 1. The van der Waals surface area contributed by atoms with Crippen LogP contribution >= 0.6 is 11.6 Å². The Kier molecular flexibility index (Phi) is 3.62. The first-order valence-corrected chi connectivity index (χ1v) is 9.10. The summed E-state index contributed by atoms with van der Waals surface area (Å²) in [7, 11) is 0. The summed E-state index contributed by atoms with van der Waals surface area (Å²) in [4.78, 5) is 18.4. The van der Waals surface area contributed by atoms with E-state index in [0.29, 0.717) is 23.9 Å². The van der Waals surface area contributed by atoms with E-state index in [-0.39, 0.29) is 12.5 Å². The Balaban J connectivity index is 1.67. The number of amides is 1. The summed E-state index contributed by atoms with van der Waals surface area (Å²) in [5.41, 5.74) is 3.49. The number of carbonyl (C=O) groups excluding carboxylic acids is 1. The van der Waals surface area contributed by atoms with E-state index in [1.807, 2.05) is 54.1 Å². The van der Waals surface area contributed by atoms with Crippen molar-refractivity contribution in [3.05, 3.63) is 53.4 Å². The van der Waals surface area contributed by atoms with Crippen molar-refractivity contribution in [3.8, 4) is 28.4 Å². The van der Waals surface area contributed by atoms with Gasteiger partial charge in [0.2, 0.25) is 0 Å². The molecule has 1 aromatic heterocycles. The van der Waals surface area contributed by atoms with Crippen LogP contribution < -0.4 is 14.4 Å². The van der Waals surface area contributed by atoms with Gasteiger partial charge in [-0.2, -0.15) is 0 Å². The molecule has 0 spiro atoms. The van der Waals surface area contributed by atoms with Gasteiger partial charge in [0, 0.05) is 17.1 Å². The van der Waals surface area contributed by atoms with Gasteiger partial charge in [-0.25, -0.2) is 4.98 Å². The molecule has 0 N–H and O–H groups in total. The van der Waals surface area contributed by atoms with E-state index in [0.717, 1.165) is 34.2 Å². The molecule has 0 fully saturated rings. The first-order chi connectivity index (χ1) is 13.2. The van der Waals surface area contributed by atoms with Crippen molar-refractivity contribution in [1.29, 1.82) is 0 Å². The first kappa shape index (κ1) is 16.2. The second-order valence-electron chi connectivity index (χ2n) is 6.40. The fraction of sp³-hybridized carbons (Fsp3) is 0.200. The smallest absolute Gasteiger partial charge is 0.265 e. The van der Waals surface area contributed by atoms with E-state index in [2.05, 4.69) is 4.98 Å². The van der Waals surface area contributed by atoms with Crippen LogP contribution in [-0.2, 0) is 11.4 Å². The van der Waals surface area contributed by atoms with Crippen LogP contribution in [-0.4, -0.2) is 28.6 Å². The Morgan fingerprint density at radius 1 is 1.07 bits per heavy atom. The Morgan fingerprint density at radius 3 is 2.70 bits per heavy atom. The predicted octanol–water partition coefficient (Wildman–Crippen LogP) is 3.83. The molecule has 2 aliphatic heterocycles. The van der Waals surface area contributed by atoms with Gasteiger partial charge in [-0.3, -0.25) is 9.36 Å². The standard InChI is InChI=1S/C20H16ClN3O3/c1-2-23-14-7-12(3-5-17(14)27-11-20(23)25)16-9-22-19-10-26-18-6-4-13(21)8-15(18)24(16)19/h3-9H,2,10-11H2,1H3. The number of hydrogen-bond donors (Lipinski definition) is 0. The van der Waals surface area contributed by atoms with Crippen LogP contribution in [0.2, 0.25) is 5.02 Å². The molecule has 0 radical (unpaired) electrons. The molecule has 7 heteroatoms. The second kappa shape index (κ2) is 6.03. The van der Waals surface area contributed by atoms with Crippen molar-refractivity contribution in [3.63, 3.8) is 0 Å². The molecule has 3 aromatic rings. The molecule has 1 amide bonds. The van der Waals surface area contributed by atoms with Gasteiger partial charge >= 0.3 is 0 Å². The summed E-state index contributed by atoms with van der Waals surface area (Å²) >= 11 is 6.21. The van der Waals surface area contributed by atoms with Crippen molar-refractivity contribution in [2.75, 3.05) is 18.1 Å². The maximum absolute atomic E-state index is 12.2. The summed E-state index contributed by atoms with van der Waals surface area (Å²) in [5.74, 6) is 2.24. The number of fused-ring (bicyclic) bond motifs is 4. The van der Waals surface area contributed by atoms with Gasteiger partial charge < -0.3 is 14.4 Å². The van der Waals surface area contributed by atoms with Gasteiger partial charge in [0.05, 0.1) is 23.3 Å². The zero-order chi connectivity index (χ0) is 18.5. The number of anilines is 1. The molecule has 5 rings (SSSR count). The largest absolute Gasteiger partial charge is 0.483 e. The van der Waals surface area contributed by atoms with E-state index in [1.165, 1.54) is 0 Å². The Hall–Kier alpha value is -2.99. The molecule has 2 aliphatic rings. The lowest BCUT2D eigenvalue weighted by atomic mass is 10.1. The van der Waals surface area contributed by atoms with Gasteiger partial charge in [0.1, 0.15) is 18.1 Å². The fourth-order valence-electron chi connectivity index (χ4n) is 3.60. The molecule has 0 saturated heterocycles. The monoisotopic (exact) mass is 381 g/mol. The molecule has 27 heavy (non-hydrogen) atoms. The summed E-state index contributed by atoms with van der Waals surface area (Å²) in [6.07, 6.45) is 1.82. The highest BCUT2D eigenvalue weighted by atomic mass is 35.5. The van der Waals surface area contributed by atoms with Gasteiger partial charge in [-0.15, -0.1) is 0 Å². The SMILES string of the molecule is CCN1C(=O)COc2ccc(-c3cnc4n3-c3cc(Cl)ccc3OC4)cc21. The minimum atomic E-state index is -0.0389. The van der Waals surface area contributed by atoms with Crippen molar-refractivity contribution in [2.24, 2.45) is 0 Å². The number of benzene rings is 2. The predicted molar refractivity (Wildman–Crippen MR) is 102 cm³/mol. The average Bonchev–Trinajstić information content (AvgIpc) is 3.12. The summed E-state index contributed by atoms with van der Waals surface area (Å²) in [5, 5.41) is 0.631. The lowest BCUT2D eigenvalue weighted by Gasteiger charge is -2.29. The van der Waals surface area contributed by atoms with Crippen LogP contribution in [0, 0.1) is 0 Å². The third kappa shape index (κ3) is 2.48. The van der Waals surface area contributed by atoms with E-state index >= 15 is 0 Å². The Bertz CT molecular complexity index is 1080. The number of nitrogens with zero attached hydrogens (tertiary/aromatic N) is 3. The molecule has 0 saturated carbocycles. The van der Waals surface area contributed by atoms with Gasteiger partial charge in [0.15, 0.2) is 12.4 Å². The minimum absolute atomic E-state index is 0.0389. The molecule has 0 unspecified atom stereocenters. The number of aromatic nitrogens is 2. The zero-order valence-electron chi connectivity index (χ0n) is 14.6. The third-order valence-electron chi connectivity index (χ3n) is 4.87. The first-order valence-electron chi connectivity index (χ1n) is 8.72. The van der Waals surface area contributed by atoms with Crippen LogP contribution in [0.1, 0.15) is 12.7 Å². The van der Waals surface area contributed by atoms with Crippen LogP contribution in [0.5, 0.6) is 11.5 Å². The number of hydrogen-bond acceptors (Lipinski definition) is 4. The maximum atomic E-state index is 12.2. The lowest BCUT2D eigenvalue weighted by Crippen LogP contribution is -2.38. The molecule has 0 atom stereocenters. The fourth-order valence-corrected chi connectivity index (χ4v) is 3.77. The molecular formula is C20H16ClN3O3. The summed E-state index contributed by atoms with van der Waals surface area (Å²) in [6, 6.07) is 11.4. The van der Waals surface area contributed by atoms with Crippen molar-refractivity contribution < 1.29 is 14.3 Å². The van der Waals surface area contributed by atoms with Crippen molar-refractivity contribution in [2.45, 2.75) is 13.5 Å². The third-order valence-corrected chi connectivity index (χ3v) is 5.10. The quantitative estimate of drug-likeness (QED) is 0.677. The van der Waals surface area contributed by atoms with Gasteiger partial charge in [0.25, 0.3) is 5.91 Å². The molecule has 0 aliphatic carbocycles. The highest BCUT2D eigenvalue weighted by Crippen LogP contribution is 2.39. The highest BCUT2D eigenvalue weighted by Gasteiger charge is 2.26. The number of rotatable bonds is 2. The highest BCUT2D eigenvalue weighted by molar-refractivity contribution is 6.30. The van der Waals surface area contributed by atoms with Gasteiger partial charge in [-0.05, 0) is 43.3 Å². The number of imidazole rings is 1. The molecule has 136 valence electrons. The molecule has 0 bridgehead atoms. The second-order valence-corrected chi connectivity index (χ2v) is 6.84. The zero-order valence-corrected chi connectivity index (χ0v) is 15.4. The van der Waals surface area contributed by atoms with Crippen LogP contribution in [0.15, 0.2) is 42.6 Å². The number of carbonyl (C=O) groups is 1. The maximum Gasteiger partial charge on any atom is 0.265 e. The van der Waals surface area contributed by atoms with Crippen LogP contribution in [0.25, 0.3) is 16.9 Å². The Labute approximate surface area is 160 Å². The van der Waals surface area contributed by atoms with Gasteiger partial charge in [-0.1, -0.05) is 11.6 Å². The molecule has 6 nitrogen and oxygen atoms in total. The molecular weight excluding hydrogens is 366 g/mol. The minimum Gasteiger partial charge on any atom is -0.483 e. The average molecular weight is 382 g/mol. The van der Waals surface area contributed by atoms with Crippen molar-refractivity contribution >= 4 is 23.2 Å². The number of halogens is 1. The summed E-state index contributed by atoms with van der Waals surface area (Å²) in [6.45, 7) is 3.01. The van der Waals surface area contributed by atoms with E-state index < -0.39 is 0 Å². The van der Waals surface area contributed by atoms with Crippen molar-refractivity contribution in [1.82, 2.24) is 9.55 Å².